The molecule has 0 amide bonds. The Kier molecular flexibility index (Phi) is 4.41. The zero-order valence-electron chi connectivity index (χ0n) is 9.78. The Hall–Kier alpha value is -1.05. The maximum atomic E-state index is 9.12. The molecule has 0 bridgehead atoms. The summed E-state index contributed by atoms with van der Waals surface area (Å²) in [4.78, 5) is 4.61. The van der Waals surface area contributed by atoms with Gasteiger partial charge in [-0.2, -0.15) is 5.26 Å². The summed E-state index contributed by atoms with van der Waals surface area (Å²) in [6.07, 6.45) is 5.24. The van der Waals surface area contributed by atoms with E-state index in [1.165, 1.54) is 24.1 Å². The van der Waals surface area contributed by atoms with Crippen LogP contribution in [-0.4, -0.2) is 22.5 Å². The third-order valence-corrected chi connectivity index (χ3v) is 4.00. The average molecular weight is 248 g/mol. The topological polar surface area (TPSA) is 56.9 Å². The van der Waals surface area contributed by atoms with E-state index in [9.17, 15) is 0 Å². The summed E-state index contributed by atoms with van der Waals surface area (Å²) in [5, 5.41) is 18.7. The fourth-order valence-electron chi connectivity index (χ4n) is 2.04. The quantitative estimate of drug-likeness (QED) is 0.656. The number of nitriles is 1. The minimum Gasteiger partial charge on any atom is -0.396 e. The van der Waals surface area contributed by atoms with Crippen molar-refractivity contribution in [2.24, 2.45) is 0 Å². The van der Waals surface area contributed by atoms with E-state index in [-0.39, 0.29) is 6.61 Å². The van der Waals surface area contributed by atoms with Gasteiger partial charge in [0.15, 0.2) is 0 Å². The molecule has 0 spiro atoms. The van der Waals surface area contributed by atoms with E-state index in [1.807, 2.05) is 6.07 Å². The summed E-state index contributed by atoms with van der Waals surface area (Å²) in [5.41, 5.74) is 3.11. The molecule has 1 aliphatic carbocycles. The number of aliphatic hydroxyl groups excluding tert-OH is 1. The third kappa shape index (κ3) is 2.99. The summed E-state index contributed by atoms with van der Waals surface area (Å²) in [6, 6.07) is 4.23. The first-order valence-electron chi connectivity index (χ1n) is 6.01. The van der Waals surface area contributed by atoms with E-state index in [4.69, 9.17) is 10.4 Å². The highest BCUT2D eigenvalue weighted by molar-refractivity contribution is 7.99. The van der Waals surface area contributed by atoms with Crippen LogP contribution in [0.4, 0.5) is 0 Å². The van der Waals surface area contributed by atoms with Crippen LogP contribution in [-0.2, 0) is 12.8 Å². The van der Waals surface area contributed by atoms with Crippen molar-refractivity contribution in [2.75, 3.05) is 12.4 Å². The Morgan fingerprint density at radius 2 is 2.24 bits per heavy atom. The number of rotatable bonds is 4. The average Bonchev–Trinajstić information content (AvgIpc) is 2.38. The molecule has 0 aromatic carbocycles. The standard InChI is InChI=1S/C13H16N2OS/c14-9-11-8-10-4-1-2-5-12(10)15-13(11)17-7-3-6-16/h8,16H,1-7H2. The van der Waals surface area contributed by atoms with Gasteiger partial charge in [-0.25, -0.2) is 4.98 Å². The minimum atomic E-state index is 0.194. The fraction of sp³-hybridized carbons (Fsp3) is 0.538. The number of aromatic nitrogens is 1. The summed E-state index contributed by atoms with van der Waals surface area (Å²) in [7, 11) is 0. The van der Waals surface area contributed by atoms with Gasteiger partial charge in [0.1, 0.15) is 11.1 Å². The number of hydrogen-bond acceptors (Lipinski definition) is 4. The molecule has 1 aromatic heterocycles. The zero-order valence-corrected chi connectivity index (χ0v) is 10.6. The SMILES string of the molecule is N#Cc1cc2c(nc1SCCCO)CCCC2. The lowest BCUT2D eigenvalue weighted by Crippen LogP contribution is -2.07. The maximum absolute atomic E-state index is 9.12. The number of fused-ring (bicyclic) bond motifs is 1. The molecular weight excluding hydrogens is 232 g/mol. The van der Waals surface area contributed by atoms with E-state index < -0.39 is 0 Å². The Bertz CT molecular complexity index is 440. The van der Waals surface area contributed by atoms with E-state index in [0.29, 0.717) is 5.56 Å². The van der Waals surface area contributed by atoms with Crippen molar-refractivity contribution in [3.8, 4) is 6.07 Å². The second-order valence-electron chi connectivity index (χ2n) is 4.19. The molecule has 0 atom stereocenters. The lowest BCUT2D eigenvalue weighted by molar-refractivity contribution is 0.296. The van der Waals surface area contributed by atoms with Gasteiger partial charge in [0.2, 0.25) is 0 Å². The van der Waals surface area contributed by atoms with Gasteiger partial charge >= 0.3 is 0 Å². The molecule has 0 radical (unpaired) electrons. The van der Waals surface area contributed by atoms with Crippen molar-refractivity contribution in [1.82, 2.24) is 4.98 Å². The Balaban J connectivity index is 2.21. The summed E-state index contributed by atoms with van der Waals surface area (Å²) in [5.74, 6) is 0.816. The van der Waals surface area contributed by atoms with Crippen LogP contribution >= 0.6 is 11.8 Å². The van der Waals surface area contributed by atoms with Crippen LogP contribution in [0.5, 0.6) is 0 Å². The molecule has 1 aliphatic rings. The number of pyridine rings is 1. The minimum absolute atomic E-state index is 0.194. The van der Waals surface area contributed by atoms with Gasteiger partial charge in [-0.05, 0) is 43.7 Å². The molecule has 0 aliphatic heterocycles. The molecule has 90 valence electrons. The number of aryl methyl sites for hydroxylation is 2. The number of nitrogens with zero attached hydrogens (tertiary/aromatic N) is 2. The fourth-order valence-corrected chi connectivity index (χ4v) is 2.94. The van der Waals surface area contributed by atoms with Crippen molar-refractivity contribution < 1.29 is 5.11 Å². The Morgan fingerprint density at radius 1 is 1.41 bits per heavy atom. The van der Waals surface area contributed by atoms with Crippen molar-refractivity contribution in [2.45, 2.75) is 37.1 Å². The van der Waals surface area contributed by atoms with Crippen LogP contribution in [0.15, 0.2) is 11.1 Å². The lowest BCUT2D eigenvalue weighted by Gasteiger charge is -2.16. The van der Waals surface area contributed by atoms with Crippen LogP contribution in [0.3, 0.4) is 0 Å². The van der Waals surface area contributed by atoms with Crippen LogP contribution < -0.4 is 0 Å². The Labute approximate surface area is 106 Å². The molecule has 1 N–H and O–H groups in total. The first-order valence-corrected chi connectivity index (χ1v) is 7.00. The van der Waals surface area contributed by atoms with E-state index >= 15 is 0 Å². The third-order valence-electron chi connectivity index (χ3n) is 2.93. The van der Waals surface area contributed by atoms with Crippen molar-refractivity contribution in [3.63, 3.8) is 0 Å². The predicted molar refractivity (Wildman–Crippen MR) is 68.0 cm³/mol. The summed E-state index contributed by atoms with van der Waals surface area (Å²) < 4.78 is 0. The van der Waals surface area contributed by atoms with Gasteiger partial charge in [0, 0.05) is 18.1 Å². The molecule has 0 saturated heterocycles. The van der Waals surface area contributed by atoms with E-state index in [2.05, 4.69) is 11.1 Å². The maximum Gasteiger partial charge on any atom is 0.114 e. The van der Waals surface area contributed by atoms with Gasteiger partial charge in [0.25, 0.3) is 0 Å². The molecule has 4 heteroatoms. The molecular formula is C13H16N2OS. The van der Waals surface area contributed by atoms with Crippen molar-refractivity contribution >= 4 is 11.8 Å². The molecule has 17 heavy (non-hydrogen) atoms. The molecule has 1 aromatic rings. The van der Waals surface area contributed by atoms with Gasteiger partial charge in [-0.3, -0.25) is 0 Å². The van der Waals surface area contributed by atoms with Crippen LogP contribution in [0.25, 0.3) is 0 Å². The predicted octanol–water partition coefficient (Wildman–Crippen LogP) is 2.31. The van der Waals surface area contributed by atoms with Gasteiger partial charge in [-0.1, -0.05) is 0 Å². The summed E-state index contributed by atoms with van der Waals surface area (Å²) >= 11 is 1.58. The molecule has 1 heterocycles. The molecule has 0 fully saturated rings. The first kappa shape index (κ1) is 12.4. The van der Waals surface area contributed by atoms with Gasteiger partial charge < -0.3 is 5.11 Å². The van der Waals surface area contributed by atoms with Crippen molar-refractivity contribution in [1.29, 1.82) is 5.26 Å². The van der Waals surface area contributed by atoms with Crippen LogP contribution in [0.1, 0.15) is 36.1 Å². The number of aliphatic hydroxyl groups is 1. The second kappa shape index (κ2) is 6.04. The van der Waals surface area contributed by atoms with Crippen molar-refractivity contribution in [3.05, 3.63) is 22.9 Å². The van der Waals surface area contributed by atoms with Gasteiger partial charge in [-0.15, -0.1) is 11.8 Å². The zero-order chi connectivity index (χ0) is 12.1. The Morgan fingerprint density at radius 3 is 3.00 bits per heavy atom. The van der Waals surface area contributed by atoms with Crippen LogP contribution in [0, 0.1) is 11.3 Å². The lowest BCUT2D eigenvalue weighted by atomic mass is 9.95. The highest BCUT2D eigenvalue weighted by Gasteiger charge is 2.15. The van der Waals surface area contributed by atoms with Crippen LogP contribution in [0.2, 0.25) is 0 Å². The number of hydrogen-bond donors (Lipinski definition) is 1. The largest absolute Gasteiger partial charge is 0.396 e. The summed E-state index contributed by atoms with van der Waals surface area (Å²) in [6.45, 7) is 0.194. The molecule has 0 unspecified atom stereocenters. The highest BCUT2D eigenvalue weighted by atomic mass is 32.2. The second-order valence-corrected chi connectivity index (χ2v) is 5.28. The smallest absolute Gasteiger partial charge is 0.114 e. The first-order chi connectivity index (χ1) is 8.35. The highest BCUT2D eigenvalue weighted by Crippen LogP contribution is 2.27. The number of thioether (sulfide) groups is 1. The normalized spacial score (nSPS) is 14.1. The molecule has 0 saturated carbocycles. The van der Waals surface area contributed by atoms with E-state index in [0.717, 1.165) is 30.0 Å². The molecule has 3 nitrogen and oxygen atoms in total. The van der Waals surface area contributed by atoms with Gasteiger partial charge in [0.05, 0.1) is 5.56 Å². The monoisotopic (exact) mass is 248 g/mol. The van der Waals surface area contributed by atoms with E-state index in [1.54, 1.807) is 11.8 Å². The molecule has 2 rings (SSSR count).